The Morgan fingerprint density at radius 2 is 1.00 bits per heavy atom. The number of carbonyl (C=O) groups is 4. The van der Waals surface area contributed by atoms with Crippen molar-refractivity contribution in [3.05, 3.63) is 146 Å². The Morgan fingerprint density at radius 3 is 1.45 bits per heavy atom. The maximum atomic E-state index is 13.3. The molecule has 0 N–H and O–H groups in total. The van der Waals surface area contributed by atoms with Gasteiger partial charge in [0.1, 0.15) is 48.3 Å². The van der Waals surface area contributed by atoms with Gasteiger partial charge in [-0.3, -0.25) is 4.79 Å². The van der Waals surface area contributed by atoms with E-state index in [2.05, 4.69) is 18.7 Å². The van der Waals surface area contributed by atoms with E-state index in [4.69, 9.17) is 42.6 Å². The summed E-state index contributed by atoms with van der Waals surface area (Å²) in [5, 5.41) is 1.02. The molecule has 0 saturated heterocycles. The van der Waals surface area contributed by atoms with Crippen LogP contribution in [0.2, 0.25) is 0 Å². The molecule has 328 valence electrons. The summed E-state index contributed by atoms with van der Waals surface area (Å²) in [6, 6.07) is 26.5. The van der Waals surface area contributed by atoms with Gasteiger partial charge in [-0.25, -0.2) is 24.2 Å². The van der Waals surface area contributed by atoms with Gasteiger partial charge in [-0.1, -0.05) is 0 Å². The molecule has 1 aliphatic carbocycles. The Morgan fingerprint density at radius 1 is 0.531 bits per heavy atom. The van der Waals surface area contributed by atoms with Crippen LogP contribution in [0.5, 0.6) is 17.2 Å². The smallest absolute Gasteiger partial charge is 0.338 e. The number of rotatable bonds is 16. The van der Waals surface area contributed by atoms with Crippen molar-refractivity contribution in [2.45, 2.75) is 33.7 Å². The first-order valence-corrected chi connectivity index (χ1v) is 20.1. The second kappa shape index (κ2) is 19.4. The van der Waals surface area contributed by atoms with E-state index in [-0.39, 0.29) is 59.0 Å². The van der Waals surface area contributed by atoms with Gasteiger partial charge >= 0.3 is 23.9 Å². The average Bonchev–Trinajstić information content (AvgIpc) is 3.32. The maximum absolute atomic E-state index is 13.3. The minimum atomic E-state index is -0.669. The molecule has 1 aliphatic heterocycles. The minimum absolute atomic E-state index is 0.0236. The molecule has 1 heterocycles. The molecule has 64 heavy (non-hydrogen) atoms. The molecular formula is C49H44N2O13. The van der Waals surface area contributed by atoms with Gasteiger partial charge in [-0.05, 0) is 115 Å². The van der Waals surface area contributed by atoms with E-state index in [1.807, 2.05) is 36.4 Å². The Balaban J connectivity index is 1.20. The van der Waals surface area contributed by atoms with E-state index in [1.54, 1.807) is 18.2 Å². The minimum Gasteiger partial charge on any atom is -0.489 e. The molecule has 0 aromatic heterocycles. The summed E-state index contributed by atoms with van der Waals surface area (Å²) in [4.78, 5) is 70.2. The zero-order valence-corrected chi connectivity index (χ0v) is 36.0. The van der Waals surface area contributed by atoms with Crippen molar-refractivity contribution in [2.24, 2.45) is 0 Å². The number of hydrogen-bond donors (Lipinski definition) is 0. The number of benzene rings is 6. The number of fused-ring (bicyclic) bond motifs is 4. The van der Waals surface area contributed by atoms with Crippen LogP contribution in [-0.2, 0) is 38.8 Å². The molecule has 0 unspecified atom stereocenters. The van der Waals surface area contributed by atoms with Gasteiger partial charge in [0.2, 0.25) is 0 Å². The molecule has 0 bridgehead atoms. The SMILES string of the molecule is CCN(CC)c1ccc2nc3c4cc(OCc5cc(COc6cc(C(=O)OC)cc(C(=O)OC)c6)cc(COc6cc(C(=O)OC)cc(C(=O)OC)c6)c5)ccc4c(=O)cc-3oc2c1. The van der Waals surface area contributed by atoms with Gasteiger partial charge in [0.05, 0.1) is 50.7 Å². The molecule has 0 spiro atoms. The Labute approximate surface area is 367 Å². The fraction of sp³-hybridized carbons (Fsp3) is 0.224. The lowest BCUT2D eigenvalue weighted by atomic mass is 10.0. The van der Waals surface area contributed by atoms with Crippen LogP contribution in [0.3, 0.4) is 0 Å². The fourth-order valence-corrected chi connectivity index (χ4v) is 7.21. The van der Waals surface area contributed by atoms with E-state index in [0.717, 1.165) is 18.8 Å². The highest BCUT2D eigenvalue weighted by Gasteiger charge is 2.20. The Kier molecular flexibility index (Phi) is 13.4. The number of nitrogens with zero attached hydrogens (tertiary/aromatic N) is 2. The molecule has 5 aromatic rings. The largest absolute Gasteiger partial charge is 0.489 e. The molecule has 0 fully saturated rings. The van der Waals surface area contributed by atoms with Gasteiger partial charge in [0.25, 0.3) is 0 Å². The van der Waals surface area contributed by atoms with Gasteiger partial charge in [-0.2, -0.15) is 0 Å². The van der Waals surface area contributed by atoms with E-state index >= 15 is 0 Å². The number of esters is 4. The monoisotopic (exact) mass is 868 g/mol. The lowest BCUT2D eigenvalue weighted by Gasteiger charge is -2.21. The second-order valence-electron chi connectivity index (χ2n) is 14.4. The number of hydrogen-bond acceptors (Lipinski definition) is 15. The van der Waals surface area contributed by atoms with E-state index in [9.17, 15) is 24.0 Å². The summed E-state index contributed by atoms with van der Waals surface area (Å²) in [5.41, 5.74) is 4.85. The highest BCUT2D eigenvalue weighted by atomic mass is 16.5. The molecule has 15 heteroatoms. The number of ether oxygens (including phenoxy) is 7. The summed E-state index contributed by atoms with van der Waals surface area (Å²) in [5.74, 6) is -1.46. The summed E-state index contributed by atoms with van der Waals surface area (Å²) in [6.45, 7) is 5.83. The molecule has 0 saturated carbocycles. The van der Waals surface area contributed by atoms with Gasteiger partial charge in [0.15, 0.2) is 16.8 Å². The van der Waals surface area contributed by atoms with Crippen molar-refractivity contribution < 1.29 is 56.8 Å². The van der Waals surface area contributed by atoms with Crippen molar-refractivity contribution >= 4 is 51.4 Å². The Bertz CT molecular complexity index is 2770. The van der Waals surface area contributed by atoms with Crippen molar-refractivity contribution in [2.75, 3.05) is 46.4 Å². The first-order chi connectivity index (χ1) is 30.9. The molecule has 0 radical (unpaired) electrons. The van der Waals surface area contributed by atoms with Gasteiger partial charge in [0, 0.05) is 41.7 Å². The highest BCUT2D eigenvalue weighted by Crippen LogP contribution is 2.34. The predicted octanol–water partition coefficient (Wildman–Crippen LogP) is 8.18. The number of carbonyl (C=O) groups excluding carboxylic acids is 4. The molecule has 5 aromatic carbocycles. The highest BCUT2D eigenvalue weighted by molar-refractivity contribution is 5.98. The van der Waals surface area contributed by atoms with Crippen molar-refractivity contribution in [1.82, 2.24) is 4.98 Å². The fourth-order valence-electron chi connectivity index (χ4n) is 7.21. The quantitative estimate of drug-likeness (QED) is 0.0393. The van der Waals surface area contributed by atoms with E-state index < -0.39 is 23.9 Å². The number of aromatic nitrogens is 1. The summed E-state index contributed by atoms with van der Waals surface area (Å²) >= 11 is 0. The third kappa shape index (κ3) is 9.73. The Hall–Kier alpha value is -7.94. The van der Waals surface area contributed by atoms with E-state index in [0.29, 0.717) is 55.8 Å². The lowest BCUT2D eigenvalue weighted by Crippen LogP contribution is -2.21. The topological polar surface area (TPSA) is 179 Å². The lowest BCUT2D eigenvalue weighted by molar-refractivity contribution is 0.0580. The van der Waals surface area contributed by atoms with Gasteiger partial charge < -0.3 is 42.5 Å². The second-order valence-corrected chi connectivity index (χ2v) is 14.4. The third-order valence-electron chi connectivity index (χ3n) is 10.4. The molecular weight excluding hydrogens is 825 g/mol. The standard InChI is InChI=1S/C49H44N2O13/c1-7-51(8-2)35-9-12-41-43(22-35)64-44-24-42(52)39-11-10-36(23-40(39)45(44)50-41)61-25-28-13-29(26-62-37-18-31(46(53)57-3)16-32(19-37)47(54)58-4)15-30(14-28)27-63-38-20-33(48(55)59-5)17-34(21-38)49(56)60-6/h9-24H,7-8,25-27H2,1-6H3. The van der Waals surface area contributed by atoms with Crippen LogP contribution in [0.4, 0.5) is 5.69 Å². The molecule has 15 nitrogen and oxygen atoms in total. The zero-order valence-electron chi connectivity index (χ0n) is 36.0. The van der Waals surface area contributed by atoms with E-state index in [1.165, 1.54) is 70.9 Å². The number of anilines is 1. The van der Waals surface area contributed by atoms with Crippen LogP contribution < -0.4 is 24.5 Å². The van der Waals surface area contributed by atoms with Crippen LogP contribution in [0.15, 0.2) is 106 Å². The first kappa shape index (κ1) is 44.1. The van der Waals surface area contributed by atoms with Crippen molar-refractivity contribution in [1.29, 1.82) is 0 Å². The van der Waals surface area contributed by atoms with Crippen LogP contribution in [0, 0.1) is 0 Å². The van der Waals surface area contributed by atoms with Crippen LogP contribution in [0.1, 0.15) is 72.0 Å². The van der Waals surface area contributed by atoms with Crippen LogP contribution in [-0.4, -0.2) is 70.4 Å². The summed E-state index contributed by atoms with van der Waals surface area (Å²) in [7, 11) is 4.91. The summed E-state index contributed by atoms with van der Waals surface area (Å²) in [6.07, 6.45) is 0. The van der Waals surface area contributed by atoms with Gasteiger partial charge in [-0.15, -0.1) is 0 Å². The van der Waals surface area contributed by atoms with Crippen LogP contribution >= 0.6 is 0 Å². The predicted molar refractivity (Wildman–Crippen MR) is 236 cm³/mol. The molecule has 0 atom stereocenters. The molecule has 2 aliphatic rings. The first-order valence-electron chi connectivity index (χ1n) is 20.1. The van der Waals surface area contributed by atoms with Crippen molar-refractivity contribution in [3.63, 3.8) is 0 Å². The van der Waals surface area contributed by atoms with Crippen molar-refractivity contribution in [3.8, 4) is 28.7 Å². The average molecular weight is 869 g/mol. The van der Waals surface area contributed by atoms with Crippen LogP contribution in [0.25, 0.3) is 33.3 Å². The number of methoxy groups -OCH3 is 4. The zero-order chi connectivity index (χ0) is 45.5. The summed E-state index contributed by atoms with van der Waals surface area (Å²) < 4.78 is 44.3. The molecule has 0 amide bonds. The third-order valence-corrected chi connectivity index (χ3v) is 10.4. The molecule has 7 rings (SSSR count). The maximum Gasteiger partial charge on any atom is 0.338 e. The normalized spacial score (nSPS) is 11.0.